The number of rotatable bonds is 7. The van der Waals surface area contributed by atoms with Crippen LogP contribution in [0.1, 0.15) is 57.2 Å². The molecule has 10 heteroatoms. The molecule has 1 fully saturated rings. The largest absolute Gasteiger partial charge is 0.355 e. The Kier molecular flexibility index (Phi) is 7.11. The summed E-state index contributed by atoms with van der Waals surface area (Å²) < 4.78 is 0. The molecule has 0 radical (unpaired) electrons. The summed E-state index contributed by atoms with van der Waals surface area (Å²) in [7, 11) is 1.60. The van der Waals surface area contributed by atoms with E-state index in [4.69, 9.17) is 4.84 Å². The van der Waals surface area contributed by atoms with Crippen molar-refractivity contribution in [1.82, 2.24) is 20.3 Å². The Morgan fingerprint density at radius 1 is 1.25 bits per heavy atom. The second-order valence-electron chi connectivity index (χ2n) is 7.35. The maximum absolute atomic E-state index is 12.5. The molecule has 0 aromatic carbocycles. The zero-order valence-corrected chi connectivity index (χ0v) is 17.5. The number of hydrogen-bond donors (Lipinski definition) is 1. The number of urea groups is 1. The number of thiazole rings is 1. The molecule has 28 heavy (non-hydrogen) atoms. The average molecular weight is 410 g/mol. The molecule has 4 amide bonds. The van der Waals surface area contributed by atoms with Gasteiger partial charge in [0.05, 0.1) is 17.2 Å². The van der Waals surface area contributed by atoms with Gasteiger partial charge in [0.25, 0.3) is 11.8 Å². The molecule has 1 N–H and O–H groups in total. The van der Waals surface area contributed by atoms with E-state index < -0.39 is 29.9 Å². The van der Waals surface area contributed by atoms with Crippen molar-refractivity contribution in [3.05, 3.63) is 16.1 Å². The molecular formula is C18H26N4O5S. The predicted molar refractivity (Wildman–Crippen MR) is 102 cm³/mol. The molecule has 1 aliphatic rings. The number of aromatic nitrogens is 1. The van der Waals surface area contributed by atoms with Gasteiger partial charge in [-0.2, -0.15) is 0 Å². The number of imide groups is 1. The molecular weight excluding hydrogens is 384 g/mol. The van der Waals surface area contributed by atoms with Crippen LogP contribution >= 0.6 is 11.3 Å². The maximum Gasteiger partial charge on any atom is 0.355 e. The van der Waals surface area contributed by atoms with Crippen LogP contribution in [0.2, 0.25) is 0 Å². The third-order valence-electron chi connectivity index (χ3n) is 4.20. The van der Waals surface area contributed by atoms with Gasteiger partial charge in [-0.05, 0) is 5.92 Å². The van der Waals surface area contributed by atoms with Crippen LogP contribution in [-0.4, -0.2) is 51.9 Å². The summed E-state index contributed by atoms with van der Waals surface area (Å²) in [5, 5.41) is 5.98. The smallest absolute Gasteiger partial charge is 0.328 e. The second-order valence-corrected chi connectivity index (χ2v) is 8.24. The summed E-state index contributed by atoms with van der Waals surface area (Å²) in [6.45, 7) is 7.85. The summed E-state index contributed by atoms with van der Waals surface area (Å²) in [6.07, 6.45) is 0.0269. The topological polar surface area (TPSA) is 109 Å². The molecule has 2 heterocycles. The zero-order valence-electron chi connectivity index (χ0n) is 16.7. The Morgan fingerprint density at radius 3 is 2.36 bits per heavy atom. The van der Waals surface area contributed by atoms with Gasteiger partial charge in [0, 0.05) is 31.2 Å². The molecule has 0 aliphatic carbocycles. The standard InChI is InChI=1S/C18H26N4O5S/c1-10(2)15(17(25)27-22-13(23)6-7-14(22)24)20-18(26)21(5)8-12-9-28-16(19-12)11(3)4/h9-11,15H,6-8H2,1-5H3,(H,20,26). The van der Waals surface area contributed by atoms with Gasteiger partial charge in [-0.1, -0.05) is 27.7 Å². The Morgan fingerprint density at radius 2 is 1.86 bits per heavy atom. The van der Waals surface area contributed by atoms with Gasteiger partial charge in [0.15, 0.2) is 0 Å². The Hall–Kier alpha value is -2.49. The van der Waals surface area contributed by atoms with Gasteiger partial charge in [0.2, 0.25) is 0 Å². The van der Waals surface area contributed by atoms with Crippen molar-refractivity contribution in [2.75, 3.05) is 7.05 Å². The molecule has 1 saturated heterocycles. The first-order valence-electron chi connectivity index (χ1n) is 9.13. The van der Waals surface area contributed by atoms with Crippen molar-refractivity contribution in [3.8, 4) is 0 Å². The lowest BCUT2D eigenvalue weighted by Gasteiger charge is -2.25. The van der Waals surface area contributed by atoms with Gasteiger partial charge in [0.1, 0.15) is 6.04 Å². The van der Waals surface area contributed by atoms with Gasteiger partial charge in [-0.15, -0.1) is 16.4 Å². The van der Waals surface area contributed by atoms with Crippen LogP contribution < -0.4 is 5.32 Å². The molecule has 1 atom stereocenters. The van der Waals surface area contributed by atoms with Crippen molar-refractivity contribution in [3.63, 3.8) is 0 Å². The van der Waals surface area contributed by atoms with E-state index in [1.54, 1.807) is 32.2 Å². The Labute approximate surface area is 168 Å². The van der Waals surface area contributed by atoms with E-state index in [0.29, 0.717) is 11.0 Å². The van der Waals surface area contributed by atoms with Crippen molar-refractivity contribution in [1.29, 1.82) is 0 Å². The summed E-state index contributed by atoms with van der Waals surface area (Å²) >= 11 is 1.54. The first-order valence-corrected chi connectivity index (χ1v) is 10.0. The normalized spacial score (nSPS) is 15.3. The van der Waals surface area contributed by atoms with Crippen LogP contribution in [0.5, 0.6) is 0 Å². The summed E-state index contributed by atoms with van der Waals surface area (Å²) in [6, 6.07) is -1.48. The average Bonchev–Trinajstić information content (AvgIpc) is 3.21. The lowest BCUT2D eigenvalue weighted by Crippen LogP contribution is -2.51. The van der Waals surface area contributed by atoms with E-state index in [1.807, 2.05) is 19.2 Å². The van der Waals surface area contributed by atoms with E-state index in [2.05, 4.69) is 10.3 Å². The molecule has 1 aliphatic heterocycles. The van der Waals surface area contributed by atoms with E-state index >= 15 is 0 Å². The van der Waals surface area contributed by atoms with E-state index in [9.17, 15) is 19.2 Å². The highest BCUT2D eigenvalue weighted by atomic mass is 32.1. The quantitative estimate of drug-likeness (QED) is 0.689. The van der Waals surface area contributed by atoms with Crippen molar-refractivity contribution in [2.45, 2.75) is 59.0 Å². The fourth-order valence-corrected chi connectivity index (χ4v) is 3.35. The number of hydroxylamine groups is 2. The van der Waals surface area contributed by atoms with Crippen LogP contribution in [0.15, 0.2) is 5.38 Å². The summed E-state index contributed by atoms with van der Waals surface area (Å²) in [4.78, 5) is 59.0. The van der Waals surface area contributed by atoms with E-state index in [-0.39, 0.29) is 25.3 Å². The highest BCUT2D eigenvalue weighted by molar-refractivity contribution is 7.09. The summed E-state index contributed by atoms with van der Waals surface area (Å²) in [5.74, 6) is -1.96. The summed E-state index contributed by atoms with van der Waals surface area (Å²) in [5.41, 5.74) is 0.767. The van der Waals surface area contributed by atoms with Gasteiger partial charge in [-0.25, -0.2) is 14.6 Å². The van der Waals surface area contributed by atoms with Crippen LogP contribution in [0.25, 0.3) is 0 Å². The lowest BCUT2D eigenvalue weighted by atomic mass is 10.1. The molecule has 0 bridgehead atoms. The minimum atomic E-state index is -1.00. The Balaban J connectivity index is 1.97. The number of carbonyl (C=O) groups is 4. The molecule has 1 unspecified atom stereocenters. The SMILES string of the molecule is CC(C)c1nc(CN(C)C(=O)NC(C(=O)ON2C(=O)CCC2=O)C(C)C)cs1. The first kappa shape index (κ1) is 21.8. The lowest BCUT2D eigenvalue weighted by molar-refractivity contribution is -0.199. The van der Waals surface area contributed by atoms with E-state index in [0.717, 1.165) is 10.7 Å². The van der Waals surface area contributed by atoms with Crippen LogP contribution in [0.3, 0.4) is 0 Å². The molecule has 1 aromatic rings. The van der Waals surface area contributed by atoms with Gasteiger partial charge >= 0.3 is 12.0 Å². The monoisotopic (exact) mass is 410 g/mol. The Bertz CT molecular complexity index is 745. The third kappa shape index (κ3) is 5.28. The number of nitrogens with one attached hydrogen (secondary N) is 1. The van der Waals surface area contributed by atoms with Crippen molar-refractivity contribution < 1.29 is 24.0 Å². The van der Waals surface area contributed by atoms with Crippen LogP contribution in [0.4, 0.5) is 4.79 Å². The third-order valence-corrected chi connectivity index (χ3v) is 5.39. The molecule has 1 aromatic heterocycles. The number of nitrogens with zero attached hydrogens (tertiary/aromatic N) is 3. The predicted octanol–water partition coefficient (Wildman–Crippen LogP) is 2.04. The van der Waals surface area contributed by atoms with Gasteiger partial charge in [-0.3, -0.25) is 9.59 Å². The van der Waals surface area contributed by atoms with Crippen LogP contribution in [0, 0.1) is 5.92 Å². The van der Waals surface area contributed by atoms with Gasteiger partial charge < -0.3 is 15.1 Å². The van der Waals surface area contributed by atoms with E-state index in [1.165, 1.54) is 4.90 Å². The fourth-order valence-electron chi connectivity index (χ4n) is 2.52. The van der Waals surface area contributed by atoms with Crippen LogP contribution in [-0.2, 0) is 25.8 Å². The molecule has 2 rings (SSSR count). The number of amides is 4. The van der Waals surface area contributed by atoms with Crippen molar-refractivity contribution in [2.24, 2.45) is 5.92 Å². The second kappa shape index (κ2) is 9.13. The minimum absolute atomic E-state index is 0.0135. The number of carbonyl (C=O) groups excluding carboxylic acids is 4. The molecule has 9 nitrogen and oxygen atoms in total. The maximum atomic E-state index is 12.5. The molecule has 154 valence electrons. The highest BCUT2D eigenvalue weighted by Crippen LogP contribution is 2.20. The minimum Gasteiger partial charge on any atom is -0.328 e. The molecule has 0 saturated carbocycles. The highest BCUT2D eigenvalue weighted by Gasteiger charge is 2.36. The fraction of sp³-hybridized carbons (Fsp3) is 0.611. The zero-order chi connectivity index (χ0) is 21.0. The first-order chi connectivity index (χ1) is 13.1. The number of hydrogen-bond acceptors (Lipinski definition) is 7. The van der Waals surface area contributed by atoms with Crippen molar-refractivity contribution >= 4 is 35.2 Å². The molecule has 0 spiro atoms.